The highest BCUT2D eigenvalue weighted by molar-refractivity contribution is 5.96. The number of halogens is 3. The molecule has 1 aliphatic heterocycles. The average molecular weight is 430 g/mol. The minimum Gasteiger partial charge on any atom is -0.338 e. The lowest BCUT2D eigenvalue weighted by Crippen LogP contribution is -2.38. The summed E-state index contributed by atoms with van der Waals surface area (Å²) >= 11 is 0. The van der Waals surface area contributed by atoms with Crippen LogP contribution in [0.4, 0.5) is 13.2 Å². The topological polar surface area (TPSA) is 72.1 Å². The van der Waals surface area contributed by atoms with E-state index in [-0.39, 0.29) is 18.1 Å². The molecule has 162 valence electrons. The maximum Gasteiger partial charge on any atom is 0.416 e. The van der Waals surface area contributed by atoms with Crippen LogP contribution in [-0.4, -0.2) is 38.9 Å². The number of alkyl halides is 3. The standard InChI is InChI=1S/C22H21F3N4O2/c23-22(24,25)17-7-3-5-15(11-17)12-19-27-20(31-28-19)14-29-10-4-6-16(13-29)21(30)18-8-1-2-9-26-18/h1-3,5,7-9,11,16H,4,6,10,12-14H2/t16-/m0/s1. The number of carbonyl (C=O) groups is 1. The van der Waals surface area contributed by atoms with Gasteiger partial charge in [0.25, 0.3) is 0 Å². The van der Waals surface area contributed by atoms with Gasteiger partial charge in [0.05, 0.1) is 12.1 Å². The second-order valence-corrected chi connectivity index (χ2v) is 7.63. The van der Waals surface area contributed by atoms with E-state index in [1.54, 1.807) is 30.5 Å². The number of piperidine rings is 1. The zero-order chi connectivity index (χ0) is 21.8. The smallest absolute Gasteiger partial charge is 0.338 e. The number of ketones is 1. The van der Waals surface area contributed by atoms with Crippen LogP contribution in [0.1, 0.15) is 46.2 Å². The molecule has 0 bridgehead atoms. The van der Waals surface area contributed by atoms with E-state index in [1.807, 2.05) is 0 Å². The Morgan fingerprint density at radius 3 is 2.84 bits per heavy atom. The van der Waals surface area contributed by atoms with Gasteiger partial charge in [-0.05, 0) is 43.1 Å². The molecule has 2 aromatic heterocycles. The van der Waals surface area contributed by atoms with E-state index >= 15 is 0 Å². The van der Waals surface area contributed by atoms with Gasteiger partial charge in [0.15, 0.2) is 11.6 Å². The molecule has 4 rings (SSSR count). The van der Waals surface area contributed by atoms with E-state index in [2.05, 4.69) is 20.0 Å². The number of hydrogen-bond acceptors (Lipinski definition) is 6. The molecule has 0 unspecified atom stereocenters. The molecule has 1 saturated heterocycles. The fourth-order valence-corrected chi connectivity index (χ4v) is 3.79. The highest BCUT2D eigenvalue weighted by Gasteiger charge is 2.31. The Balaban J connectivity index is 1.37. The van der Waals surface area contributed by atoms with Gasteiger partial charge in [-0.15, -0.1) is 0 Å². The van der Waals surface area contributed by atoms with Gasteiger partial charge in [-0.25, -0.2) is 0 Å². The van der Waals surface area contributed by atoms with Crippen LogP contribution < -0.4 is 0 Å². The molecule has 1 aromatic carbocycles. The van der Waals surface area contributed by atoms with Gasteiger partial charge in [-0.1, -0.05) is 29.4 Å². The summed E-state index contributed by atoms with van der Waals surface area (Å²) in [5.74, 6) is 0.595. The summed E-state index contributed by atoms with van der Waals surface area (Å²) in [4.78, 5) is 23.2. The maximum atomic E-state index is 12.9. The van der Waals surface area contributed by atoms with Crippen LogP contribution >= 0.6 is 0 Å². The van der Waals surface area contributed by atoms with Gasteiger partial charge >= 0.3 is 6.18 Å². The molecule has 1 fully saturated rings. The molecule has 0 saturated carbocycles. The number of aromatic nitrogens is 3. The Hall–Kier alpha value is -3.07. The van der Waals surface area contributed by atoms with E-state index < -0.39 is 11.7 Å². The van der Waals surface area contributed by atoms with Crippen LogP contribution in [0.25, 0.3) is 0 Å². The lowest BCUT2D eigenvalue weighted by Gasteiger charge is -2.30. The van der Waals surface area contributed by atoms with Crippen LogP contribution in [-0.2, 0) is 19.1 Å². The Morgan fingerprint density at radius 1 is 1.19 bits per heavy atom. The van der Waals surface area contributed by atoms with Crippen molar-refractivity contribution in [3.8, 4) is 0 Å². The van der Waals surface area contributed by atoms with Crippen molar-refractivity contribution in [2.24, 2.45) is 5.92 Å². The number of rotatable bonds is 6. The highest BCUT2D eigenvalue weighted by Crippen LogP contribution is 2.30. The SMILES string of the molecule is O=C(c1ccccn1)[C@H]1CCCN(Cc2nc(Cc3cccc(C(F)(F)F)c3)no2)C1. The summed E-state index contributed by atoms with van der Waals surface area (Å²) in [6, 6.07) is 10.4. The number of carbonyl (C=O) groups excluding carboxylic acids is 1. The third-order valence-corrected chi connectivity index (χ3v) is 5.28. The van der Waals surface area contributed by atoms with Gasteiger partial charge in [0.1, 0.15) is 5.69 Å². The number of nitrogens with zero attached hydrogens (tertiary/aromatic N) is 4. The van der Waals surface area contributed by atoms with Gasteiger partial charge in [-0.2, -0.15) is 18.2 Å². The second-order valence-electron chi connectivity index (χ2n) is 7.63. The summed E-state index contributed by atoms with van der Waals surface area (Å²) in [7, 11) is 0. The fourth-order valence-electron chi connectivity index (χ4n) is 3.79. The molecule has 6 nitrogen and oxygen atoms in total. The maximum absolute atomic E-state index is 12.9. The van der Waals surface area contributed by atoms with E-state index in [0.29, 0.717) is 36.1 Å². The van der Waals surface area contributed by atoms with Crippen LogP contribution in [0.2, 0.25) is 0 Å². The van der Waals surface area contributed by atoms with E-state index in [4.69, 9.17) is 4.52 Å². The minimum atomic E-state index is -4.39. The van der Waals surface area contributed by atoms with Crippen molar-refractivity contribution in [3.05, 3.63) is 77.2 Å². The van der Waals surface area contributed by atoms with Gasteiger partial charge in [-0.3, -0.25) is 14.7 Å². The van der Waals surface area contributed by atoms with Crippen molar-refractivity contribution >= 4 is 5.78 Å². The summed E-state index contributed by atoms with van der Waals surface area (Å²) < 4.78 is 43.9. The zero-order valence-corrected chi connectivity index (χ0v) is 16.7. The van der Waals surface area contributed by atoms with E-state index in [0.717, 1.165) is 31.5 Å². The molecule has 0 aliphatic carbocycles. The number of benzene rings is 1. The molecule has 31 heavy (non-hydrogen) atoms. The second kappa shape index (κ2) is 8.97. The van der Waals surface area contributed by atoms with Crippen molar-refractivity contribution < 1.29 is 22.5 Å². The van der Waals surface area contributed by atoms with Crippen LogP contribution in [0, 0.1) is 5.92 Å². The molecule has 3 heterocycles. The quantitative estimate of drug-likeness (QED) is 0.547. The largest absolute Gasteiger partial charge is 0.416 e. The first-order valence-corrected chi connectivity index (χ1v) is 10.0. The molecular weight excluding hydrogens is 409 g/mol. The summed E-state index contributed by atoms with van der Waals surface area (Å²) in [6.07, 6.45) is -0.965. The molecule has 1 aliphatic rings. The Kier molecular flexibility index (Phi) is 6.13. The fraction of sp³-hybridized carbons (Fsp3) is 0.364. The van der Waals surface area contributed by atoms with Crippen LogP contribution in [0.5, 0.6) is 0 Å². The van der Waals surface area contributed by atoms with Crippen LogP contribution in [0.3, 0.4) is 0 Å². The lowest BCUT2D eigenvalue weighted by atomic mass is 9.92. The molecule has 0 radical (unpaired) electrons. The van der Waals surface area contributed by atoms with Crippen molar-refractivity contribution in [1.29, 1.82) is 0 Å². The molecule has 0 amide bonds. The first-order valence-electron chi connectivity index (χ1n) is 10.0. The van der Waals surface area contributed by atoms with Gasteiger partial charge in [0, 0.05) is 25.1 Å². The van der Waals surface area contributed by atoms with Crippen molar-refractivity contribution in [3.63, 3.8) is 0 Å². The minimum absolute atomic E-state index is 0.0288. The van der Waals surface area contributed by atoms with Gasteiger partial charge < -0.3 is 4.52 Å². The van der Waals surface area contributed by atoms with Crippen LogP contribution in [0.15, 0.2) is 53.2 Å². The monoisotopic (exact) mass is 430 g/mol. The number of Topliss-reactive ketones (excluding diaryl/α,β-unsaturated/α-hetero) is 1. The third kappa shape index (κ3) is 5.35. The Bertz CT molecular complexity index is 1040. The predicted molar refractivity (Wildman–Crippen MR) is 105 cm³/mol. The van der Waals surface area contributed by atoms with Crippen molar-refractivity contribution in [2.75, 3.05) is 13.1 Å². The molecule has 1 atom stereocenters. The van der Waals surface area contributed by atoms with E-state index in [1.165, 1.54) is 6.07 Å². The summed E-state index contributed by atoms with van der Waals surface area (Å²) in [5.41, 5.74) is 0.224. The van der Waals surface area contributed by atoms with Gasteiger partial charge in [0.2, 0.25) is 5.89 Å². The summed E-state index contributed by atoms with van der Waals surface area (Å²) in [5, 5.41) is 3.90. The first kappa shape index (κ1) is 21.2. The number of hydrogen-bond donors (Lipinski definition) is 0. The number of pyridine rings is 1. The third-order valence-electron chi connectivity index (χ3n) is 5.28. The highest BCUT2D eigenvalue weighted by atomic mass is 19.4. The first-order chi connectivity index (χ1) is 14.9. The zero-order valence-electron chi connectivity index (χ0n) is 16.7. The molecule has 0 spiro atoms. The molecule has 0 N–H and O–H groups in total. The Labute approximate surface area is 177 Å². The Morgan fingerprint density at radius 2 is 2.06 bits per heavy atom. The van der Waals surface area contributed by atoms with Crippen molar-refractivity contribution in [2.45, 2.75) is 32.0 Å². The average Bonchev–Trinajstić information content (AvgIpc) is 3.20. The predicted octanol–water partition coefficient (Wildman–Crippen LogP) is 4.17. The lowest BCUT2D eigenvalue weighted by molar-refractivity contribution is -0.137. The molecular formula is C22H21F3N4O2. The molecule has 9 heteroatoms. The van der Waals surface area contributed by atoms with Crippen molar-refractivity contribution in [1.82, 2.24) is 20.0 Å². The number of likely N-dealkylation sites (tertiary alicyclic amines) is 1. The van der Waals surface area contributed by atoms with E-state index in [9.17, 15) is 18.0 Å². The normalized spacial score (nSPS) is 17.6. The summed E-state index contributed by atoms with van der Waals surface area (Å²) in [6.45, 7) is 1.76. The molecule has 3 aromatic rings.